The van der Waals surface area contributed by atoms with E-state index in [-0.39, 0.29) is 36.2 Å². The van der Waals surface area contributed by atoms with Gasteiger partial charge in [-0.25, -0.2) is 0 Å². The van der Waals surface area contributed by atoms with Crippen LogP contribution in [0.1, 0.15) is 21.1 Å². The zero-order valence-electron chi connectivity index (χ0n) is 7.21. The molecule has 0 N–H and O–H groups in total. The van der Waals surface area contributed by atoms with Crippen LogP contribution in [0, 0.1) is 0 Å². The van der Waals surface area contributed by atoms with Crippen molar-refractivity contribution in [1.29, 1.82) is 0 Å². The molecule has 0 atom stereocenters. The molecular formula is C8H4Cl2O5. The van der Waals surface area contributed by atoms with Gasteiger partial charge in [-0.3, -0.25) is 9.59 Å². The molecule has 0 aliphatic carbocycles. The van der Waals surface area contributed by atoms with Crippen LogP contribution in [0.25, 0.3) is 0 Å². The highest BCUT2D eigenvalue weighted by molar-refractivity contribution is 6.69. The minimum absolute atomic E-state index is 0.0326. The maximum Gasteiger partial charge on any atom is 0.291 e. The maximum absolute atomic E-state index is 10.9. The normalized spacial score (nSPS) is 13.7. The van der Waals surface area contributed by atoms with E-state index in [1.54, 1.807) is 0 Å². The van der Waals surface area contributed by atoms with Gasteiger partial charge in [0, 0.05) is 0 Å². The highest BCUT2D eigenvalue weighted by Crippen LogP contribution is 2.41. The standard InChI is InChI=1S/C8H4Cl2O5/c9-7(11)5-3-4(14-2-1-13-3)6(15-5)8(10)12/h1-2H2. The molecule has 0 unspecified atom stereocenters. The number of hydrogen-bond donors (Lipinski definition) is 0. The average Bonchev–Trinajstić information content (AvgIpc) is 2.56. The molecule has 0 bridgehead atoms. The number of carbonyl (C=O) groups is 2. The Hall–Kier alpha value is -1.20. The summed E-state index contributed by atoms with van der Waals surface area (Å²) in [6, 6.07) is 0. The van der Waals surface area contributed by atoms with Gasteiger partial charge in [0.1, 0.15) is 13.2 Å². The van der Waals surface area contributed by atoms with Crippen molar-refractivity contribution in [3.63, 3.8) is 0 Å². The first kappa shape index (κ1) is 10.3. The quantitative estimate of drug-likeness (QED) is 0.750. The molecule has 15 heavy (non-hydrogen) atoms. The Morgan fingerprint density at radius 2 is 1.33 bits per heavy atom. The fourth-order valence-electron chi connectivity index (χ4n) is 1.21. The maximum atomic E-state index is 10.9. The van der Waals surface area contributed by atoms with Crippen molar-refractivity contribution >= 4 is 33.7 Å². The van der Waals surface area contributed by atoms with Gasteiger partial charge in [0.2, 0.25) is 23.0 Å². The topological polar surface area (TPSA) is 65.7 Å². The molecule has 0 saturated carbocycles. The second kappa shape index (κ2) is 3.75. The minimum Gasteiger partial charge on any atom is -0.483 e. The first-order valence-corrected chi connectivity index (χ1v) is 4.69. The van der Waals surface area contributed by atoms with Crippen molar-refractivity contribution < 1.29 is 23.5 Å². The Bertz CT molecular complexity index is 398. The number of carbonyl (C=O) groups excluding carboxylic acids is 2. The summed E-state index contributed by atoms with van der Waals surface area (Å²) >= 11 is 10.5. The zero-order chi connectivity index (χ0) is 11.0. The molecule has 7 heteroatoms. The molecule has 0 saturated heterocycles. The Labute approximate surface area is 93.8 Å². The Morgan fingerprint density at radius 1 is 0.933 bits per heavy atom. The van der Waals surface area contributed by atoms with E-state index in [1.807, 2.05) is 0 Å². The Balaban J connectivity index is 2.59. The van der Waals surface area contributed by atoms with Gasteiger partial charge in [-0.15, -0.1) is 0 Å². The van der Waals surface area contributed by atoms with Crippen molar-refractivity contribution in [3.05, 3.63) is 11.5 Å². The van der Waals surface area contributed by atoms with Crippen LogP contribution in [0.3, 0.4) is 0 Å². The smallest absolute Gasteiger partial charge is 0.291 e. The fourth-order valence-corrected chi connectivity index (χ4v) is 1.46. The number of rotatable bonds is 2. The second-order valence-corrected chi connectivity index (χ2v) is 3.35. The largest absolute Gasteiger partial charge is 0.483 e. The van der Waals surface area contributed by atoms with Gasteiger partial charge in [0.25, 0.3) is 10.5 Å². The van der Waals surface area contributed by atoms with Crippen molar-refractivity contribution in [1.82, 2.24) is 0 Å². The van der Waals surface area contributed by atoms with Gasteiger partial charge in [0.05, 0.1) is 0 Å². The van der Waals surface area contributed by atoms with Crippen molar-refractivity contribution in [3.8, 4) is 11.5 Å². The predicted molar refractivity (Wildman–Crippen MR) is 50.1 cm³/mol. The van der Waals surface area contributed by atoms with E-state index in [0.29, 0.717) is 0 Å². The fraction of sp³-hybridized carbons (Fsp3) is 0.250. The van der Waals surface area contributed by atoms with Crippen LogP contribution in [0.2, 0.25) is 0 Å². The van der Waals surface area contributed by atoms with Crippen molar-refractivity contribution in [2.75, 3.05) is 13.2 Å². The highest BCUT2D eigenvalue weighted by atomic mass is 35.5. The Kier molecular flexibility index (Phi) is 2.58. The number of hydrogen-bond acceptors (Lipinski definition) is 5. The van der Waals surface area contributed by atoms with Crippen LogP contribution >= 0.6 is 23.2 Å². The summed E-state index contributed by atoms with van der Waals surface area (Å²) in [6.07, 6.45) is 0. The van der Waals surface area contributed by atoms with Crippen LogP contribution in [0.15, 0.2) is 4.42 Å². The molecule has 80 valence electrons. The first-order valence-electron chi connectivity index (χ1n) is 3.93. The van der Waals surface area contributed by atoms with E-state index in [9.17, 15) is 9.59 Å². The lowest BCUT2D eigenvalue weighted by Gasteiger charge is -2.14. The number of ether oxygens (including phenoxy) is 2. The van der Waals surface area contributed by atoms with E-state index >= 15 is 0 Å². The number of furan rings is 1. The predicted octanol–water partition coefficient (Wildman–Crippen LogP) is 1.81. The molecule has 1 aliphatic rings. The summed E-state index contributed by atoms with van der Waals surface area (Å²) in [5.41, 5.74) is 0. The lowest BCUT2D eigenvalue weighted by molar-refractivity contribution is 0.103. The van der Waals surface area contributed by atoms with Crippen LogP contribution in [-0.2, 0) is 0 Å². The summed E-state index contributed by atoms with van der Waals surface area (Å²) in [4.78, 5) is 21.9. The molecule has 0 radical (unpaired) electrons. The van der Waals surface area contributed by atoms with Gasteiger partial charge in [-0.1, -0.05) is 0 Å². The molecular weight excluding hydrogens is 247 g/mol. The average molecular weight is 251 g/mol. The molecule has 1 aromatic rings. The number of halogens is 2. The molecule has 1 aromatic heterocycles. The molecule has 5 nitrogen and oxygen atoms in total. The number of fused-ring (bicyclic) bond motifs is 1. The van der Waals surface area contributed by atoms with Gasteiger partial charge >= 0.3 is 0 Å². The van der Waals surface area contributed by atoms with E-state index in [2.05, 4.69) is 0 Å². The third-order valence-electron chi connectivity index (χ3n) is 1.76. The summed E-state index contributed by atoms with van der Waals surface area (Å²) in [6.45, 7) is 0.499. The summed E-state index contributed by atoms with van der Waals surface area (Å²) in [5, 5.41) is -1.75. The molecule has 1 aliphatic heterocycles. The van der Waals surface area contributed by atoms with E-state index in [1.165, 1.54) is 0 Å². The van der Waals surface area contributed by atoms with E-state index < -0.39 is 10.5 Å². The van der Waals surface area contributed by atoms with Gasteiger partial charge in [-0.05, 0) is 23.2 Å². The van der Waals surface area contributed by atoms with Gasteiger partial charge in [0.15, 0.2) is 0 Å². The molecule has 0 spiro atoms. The third-order valence-corrected chi connectivity index (χ3v) is 2.10. The molecule has 0 aromatic carbocycles. The van der Waals surface area contributed by atoms with Crippen LogP contribution in [0.5, 0.6) is 11.5 Å². The van der Waals surface area contributed by atoms with E-state index in [0.717, 1.165) is 0 Å². The molecule has 0 amide bonds. The SMILES string of the molecule is O=C(Cl)c1oc(C(=O)Cl)c2c1OCCO2. The van der Waals surface area contributed by atoms with Crippen LogP contribution in [0.4, 0.5) is 0 Å². The Morgan fingerprint density at radius 3 is 1.67 bits per heavy atom. The lowest BCUT2D eigenvalue weighted by atomic mass is 10.3. The summed E-state index contributed by atoms with van der Waals surface area (Å²) in [7, 11) is 0. The van der Waals surface area contributed by atoms with Crippen molar-refractivity contribution in [2.24, 2.45) is 0 Å². The monoisotopic (exact) mass is 250 g/mol. The molecule has 2 heterocycles. The molecule has 0 fully saturated rings. The highest BCUT2D eigenvalue weighted by Gasteiger charge is 2.32. The minimum atomic E-state index is -0.874. The van der Waals surface area contributed by atoms with Crippen molar-refractivity contribution in [2.45, 2.75) is 0 Å². The van der Waals surface area contributed by atoms with Gasteiger partial charge in [-0.2, -0.15) is 0 Å². The van der Waals surface area contributed by atoms with E-state index in [4.69, 9.17) is 37.1 Å². The second-order valence-electron chi connectivity index (χ2n) is 2.66. The molecule has 2 rings (SSSR count). The zero-order valence-corrected chi connectivity index (χ0v) is 8.72. The summed E-state index contributed by atoms with van der Waals surface area (Å²) < 4.78 is 15.1. The van der Waals surface area contributed by atoms with Crippen LogP contribution < -0.4 is 9.47 Å². The van der Waals surface area contributed by atoms with Gasteiger partial charge < -0.3 is 13.9 Å². The summed E-state index contributed by atoms with van der Waals surface area (Å²) in [5.74, 6) is -0.471. The van der Waals surface area contributed by atoms with Crippen LogP contribution in [-0.4, -0.2) is 23.7 Å². The lowest BCUT2D eigenvalue weighted by Crippen LogP contribution is -2.16. The third kappa shape index (κ3) is 1.68. The first-order chi connectivity index (χ1) is 7.11.